The van der Waals surface area contributed by atoms with Gasteiger partial charge in [-0.2, -0.15) is 0 Å². The molecule has 2 N–H and O–H groups in total. The maximum absolute atomic E-state index is 13.1. The van der Waals surface area contributed by atoms with Crippen molar-refractivity contribution in [1.29, 1.82) is 0 Å². The molecule has 0 saturated carbocycles. The third kappa shape index (κ3) is 2.02. The number of ketones is 1. The van der Waals surface area contributed by atoms with E-state index < -0.39 is 11.6 Å². The van der Waals surface area contributed by atoms with Crippen LogP contribution in [-0.2, 0) is 11.2 Å². The lowest BCUT2D eigenvalue weighted by Gasteiger charge is -2.04. The smallest absolute Gasteiger partial charge is 0.152 e. The fourth-order valence-corrected chi connectivity index (χ4v) is 1.03. The second kappa shape index (κ2) is 3.51. The van der Waals surface area contributed by atoms with E-state index in [4.69, 9.17) is 5.73 Å². The molecule has 0 amide bonds. The largest absolute Gasteiger partial charge is 0.396 e. The molecule has 0 heterocycles. The zero-order valence-electron chi connectivity index (χ0n) is 7.10. The third-order valence-electron chi connectivity index (χ3n) is 1.64. The summed E-state index contributed by atoms with van der Waals surface area (Å²) in [6, 6.07) is 2.19. The van der Waals surface area contributed by atoms with Gasteiger partial charge in [0.25, 0.3) is 0 Å². The first-order valence-electron chi connectivity index (χ1n) is 3.74. The van der Waals surface area contributed by atoms with E-state index in [0.29, 0.717) is 0 Å². The van der Waals surface area contributed by atoms with Crippen LogP contribution in [0.2, 0.25) is 0 Å². The van der Waals surface area contributed by atoms with Gasteiger partial charge in [0.2, 0.25) is 0 Å². The Labute approximate surface area is 74.4 Å². The SMILES string of the molecule is CC(=O)Cc1c(F)ccc(N)c1F. The van der Waals surface area contributed by atoms with Gasteiger partial charge in [0.1, 0.15) is 11.6 Å². The number of rotatable bonds is 2. The molecule has 0 spiro atoms. The van der Waals surface area contributed by atoms with Gasteiger partial charge < -0.3 is 5.73 Å². The average Bonchev–Trinajstić information content (AvgIpc) is 2.05. The highest BCUT2D eigenvalue weighted by Gasteiger charge is 2.13. The van der Waals surface area contributed by atoms with Crippen molar-refractivity contribution in [2.75, 3.05) is 5.73 Å². The van der Waals surface area contributed by atoms with E-state index in [1.54, 1.807) is 0 Å². The monoisotopic (exact) mass is 185 g/mol. The third-order valence-corrected chi connectivity index (χ3v) is 1.64. The number of hydrogen-bond acceptors (Lipinski definition) is 2. The second-order valence-electron chi connectivity index (χ2n) is 2.81. The van der Waals surface area contributed by atoms with Gasteiger partial charge in [0.05, 0.1) is 5.69 Å². The maximum Gasteiger partial charge on any atom is 0.152 e. The molecule has 1 rings (SSSR count). The first-order valence-corrected chi connectivity index (χ1v) is 3.74. The van der Waals surface area contributed by atoms with Gasteiger partial charge in [0.15, 0.2) is 5.82 Å². The van der Waals surface area contributed by atoms with Crippen molar-refractivity contribution in [3.05, 3.63) is 29.3 Å². The first-order chi connectivity index (χ1) is 6.02. The van der Waals surface area contributed by atoms with E-state index in [9.17, 15) is 13.6 Å². The number of hydrogen-bond donors (Lipinski definition) is 1. The van der Waals surface area contributed by atoms with E-state index in [-0.39, 0.29) is 23.5 Å². The van der Waals surface area contributed by atoms with Crippen LogP contribution < -0.4 is 5.73 Å². The van der Waals surface area contributed by atoms with E-state index in [2.05, 4.69) is 0 Å². The lowest BCUT2D eigenvalue weighted by molar-refractivity contribution is -0.116. The van der Waals surface area contributed by atoms with Crippen LogP contribution in [0, 0.1) is 11.6 Å². The topological polar surface area (TPSA) is 43.1 Å². The number of halogens is 2. The molecule has 0 unspecified atom stereocenters. The molecule has 0 bridgehead atoms. The van der Waals surface area contributed by atoms with Crippen molar-refractivity contribution in [2.24, 2.45) is 0 Å². The molecule has 0 saturated heterocycles. The van der Waals surface area contributed by atoms with Gasteiger partial charge in [-0.3, -0.25) is 4.79 Å². The Bertz CT molecular complexity index is 350. The highest BCUT2D eigenvalue weighted by molar-refractivity contribution is 5.78. The summed E-state index contributed by atoms with van der Waals surface area (Å²) >= 11 is 0. The van der Waals surface area contributed by atoms with E-state index in [0.717, 1.165) is 12.1 Å². The Hall–Kier alpha value is -1.45. The van der Waals surface area contributed by atoms with Crippen LogP contribution in [0.3, 0.4) is 0 Å². The van der Waals surface area contributed by atoms with Crippen molar-refractivity contribution in [3.63, 3.8) is 0 Å². The summed E-state index contributed by atoms with van der Waals surface area (Å²) in [4.78, 5) is 10.7. The summed E-state index contributed by atoms with van der Waals surface area (Å²) in [7, 11) is 0. The van der Waals surface area contributed by atoms with Crippen molar-refractivity contribution in [1.82, 2.24) is 0 Å². The summed E-state index contributed by atoms with van der Waals surface area (Å²) in [5.74, 6) is -1.87. The number of carbonyl (C=O) groups excluding carboxylic acids is 1. The van der Waals surface area contributed by atoms with Crippen molar-refractivity contribution >= 4 is 11.5 Å². The van der Waals surface area contributed by atoms with Crippen LogP contribution in [0.1, 0.15) is 12.5 Å². The molecule has 1 aromatic carbocycles. The lowest BCUT2D eigenvalue weighted by atomic mass is 10.1. The van der Waals surface area contributed by atoms with Crippen LogP contribution in [0.4, 0.5) is 14.5 Å². The highest BCUT2D eigenvalue weighted by Crippen LogP contribution is 2.18. The molecule has 0 atom stereocenters. The highest BCUT2D eigenvalue weighted by atomic mass is 19.1. The fraction of sp³-hybridized carbons (Fsp3) is 0.222. The molecule has 1 aromatic rings. The molecule has 0 aliphatic heterocycles. The summed E-state index contributed by atoms with van der Waals surface area (Å²) in [6.07, 6.45) is -0.261. The van der Waals surface area contributed by atoms with Gasteiger partial charge in [0, 0.05) is 12.0 Å². The molecule has 0 aliphatic carbocycles. The minimum atomic E-state index is -0.838. The Kier molecular flexibility index (Phi) is 2.60. The van der Waals surface area contributed by atoms with Gasteiger partial charge in [-0.1, -0.05) is 0 Å². The standard InChI is InChI=1S/C9H9F2NO/c1-5(13)4-6-7(10)2-3-8(12)9(6)11/h2-3H,4,12H2,1H3. The van der Waals surface area contributed by atoms with Gasteiger partial charge in [-0.25, -0.2) is 8.78 Å². The number of carbonyl (C=O) groups is 1. The molecule has 0 aliphatic rings. The Morgan fingerprint density at radius 3 is 2.62 bits per heavy atom. The maximum atomic E-state index is 13.1. The van der Waals surface area contributed by atoms with Crippen LogP contribution >= 0.6 is 0 Å². The molecular weight excluding hydrogens is 176 g/mol. The van der Waals surface area contributed by atoms with Crippen molar-refractivity contribution in [3.8, 4) is 0 Å². The van der Waals surface area contributed by atoms with E-state index in [1.807, 2.05) is 0 Å². The summed E-state index contributed by atoms with van der Waals surface area (Å²) in [5.41, 5.74) is 4.81. The van der Waals surface area contributed by atoms with Crippen LogP contribution in [0.5, 0.6) is 0 Å². The van der Waals surface area contributed by atoms with Gasteiger partial charge in [-0.15, -0.1) is 0 Å². The normalized spacial score (nSPS) is 10.1. The number of nitrogens with two attached hydrogens (primary N) is 1. The lowest BCUT2D eigenvalue weighted by Crippen LogP contribution is -2.05. The van der Waals surface area contributed by atoms with Gasteiger partial charge in [-0.05, 0) is 19.1 Å². The summed E-state index contributed by atoms with van der Waals surface area (Å²) < 4.78 is 26.0. The number of anilines is 1. The molecule has 0 aromatic heterocycles. The average molecular weight is 185 g/mol. The number of nitrogen functional groups attached to an aromatic ring is 1. The molecule has 13 heavy (non-hydrogen) atoms. The second-order valence-corrected chi connectivity index (χ2v) is 2.81. The van der Waals surface area contributed by atoms with Crippen molar-refractivity contribution in [2.45, 2.75) is 13.3 Å². The predicted octanol–water partition coefficient (Wildman–Crippen LogP) is 1.68. The molecule has 4 heteroatoms. The summed E-state index contributed by atoms with van der Waals surface area (Å²) in [6.45, 7) is 1.27. The van der Waals surface area contributed by atoms with Crippen LogP contribution in [0.15, 0.2) is 12.1 Å². The number of Topliss-reactive ketones (excluding diaryl/α,β-unsaturated/α-hetero) is 1. The Morgan fingerprint density at radius 2 is 2.08 bits per heavy atom. The van der Waals surface area contributed by atoms with Crippen LogP contribution in [-0.4, -0.2) is 5.78 Å². The minimum absolute atomic E-state index is 0.141. The first kappa shape index (κ1) is 9.64. The van der Waals surface area contributed by atoms with E-state index in [1.165, 1.54) is 6.92 Å². The predicted molar refractivity (Wildman–Crippen MR) is 45.2 cm³/mol. The zero-order valence-corrected chi connectivity index (χ0v) is 7.10. The molecule has 70 valence electrons. The van der Waals surface area contributed by atoms with Crippen molar-refractivity contribution < 1.29 is 13.6 Å². The Morgan fingerprint density at radius 1 is 1.46 bits per heavy atom. The fourth-order valence-electron chi connectivity index (χ4n) is 1.03. The zero-order chi connectivity index (χ0) is 10.0. The van der Waals surface area contributed by atoms with Crippen LogP contribution in [0.25, 0.3) is 0 Å². The quantitative estimate of drug-likeness (QED) is 0.712. The Balaban J connectivity index is 3.17. The summed E-state index contributed by atoms with van der Waals surface area (Å²) in [5, 5.41) is 0. The molecular formula is C9H9F2NO. The molecule has 0 radical (unpaired) electrons. The molecule has 0 fully saturated rings. The van der Waals surface area contributed by atoms with Gasteiger partial charge >= 0.3 is 0 Å². The number of benzene rings is 1. The molecule has 2 nitrogen and oxygen atoms in total. The minimum Gasteiger partial charge on any atom is -0.396 e. The van der Waals surface area contributed by atoms with E-state index >= 15 is 0 Å².